The van der Waals surface area contributed by atoms with Crippen LogP contribution in [0.4, 0.5) is 5.69 Å². The van der Waals surface area contributed by atoms with E-state index in [2.05, 4.69) is 61.5 Å². The molecule has 0 amide bonds. The number of aryl methyl sites for hydroxylation is 1. The number of anilines is 1. The molecule has 0 fully saturated rings. The van der Waals surface area contributed by atoms with Gasteiger partial charge in [0, 0.05) is 11.1 Å². The molecule has 0 spiro atoms. The van der Waals surface area contributed by atoms with Crippen LogP contribution in [-0.4, -0.2) is 0 Å². The van der Waals surface area contributed by atoms with E-state index in [0.717, 1.165) is 5.69 Å². The van der Waals surface area contributed by atoms with Crippen LogP contribution < -0.4 is 5.73 Å². The highest BCUT2D eigenvalue weighted by molar-refractivity contribution is 6.33. The predicted molar refractivity (Wildman–Crippen MR) is 96.8 cm³/mol. The Morgan fingerprint density at radius 2 is 1.27 bits per heavy atom. The lowest BCUT2D eigenvalue weighted by Crippen LogP contribution is -1.92. The summed E-state index contributed by atoms with van der Waals surface area (Å²) in [6, 6.07) is 21.8. The van der Waals surface area contributed by atoms with Crippen LogP contribution in [0.15, 0.2) is 60.7 Å². The van der Waals surface area contributed by atoms with Crippen molar-refractivity contribution in [3.63, 3.8) is 0 Å². The van der Waals surface area contributed by atoms with Crippen LogP contribution in [0.2, 0.25) is 0 Å². The van der Waals surface area contributed by atoms with E-state index in [4.69, 9.17) is 5.73 Å². The molecule has 0 bridgehead atoms. The molecular weight excluding hydrogens is 266 g/mol. The number of fused-ring (bicyclic) bond motifs is 2. The van der Waals surface area contributed by atoms with Crippen LogP contribution in [0, 0.1) is 6.92 Å². The van der Waals surface area contributed by atoms with Gasteiger partial charge in [0.25, 0.3) is 0 Å². The molecule has 104 valence electrons. The van der Waals surface area contributed by atoms with Crippen molar-refractivity contribution in [2.24, 2.45) is 0 Å². The van der Waals surface area contributed by atoms with Crippen molar-refractivity contribution >= 4 is 48.8 Å². The summed E-state index contributed by atoms with van der Waals surface area (Å²) in [6.07, 6.45) is 0. The van der Waals surface area contributed by atoms with Gasteiger partial charge in [-0.3, -0.25) is 0 Å². The van der Waals surface area contributed by atoms with Gasteiger partial charge in [0.15, 0.2) is 0 Å². The first-order chi connectivity index (χ1) is 10.7. The van der Waals surface area contributed by atoms with Gasteiger partial charge < -0.3 is 5.73 Å². The molecule has 0 aliphatic rings. The summed E-state index contributed by atoms with van der Waals surface area (Å²) in [5.41, 5.74) is 8.37. The number of benzene rings is 5. The van der Waals surface area contributed by atoms with Crippen molar-refractivity contribution < 1.29 is 0 Å². The minimum absolute atomic E-state index is 0.857. The zero-order valence-corrected chi connectivity index (χ0v) is 12.4. The molecule has 0 unspecified atom stereocenters. The Kier molecular flexibility index (Phi) is 2.09. The van der Waals surface area contributed by atoms with E-state index >= 15 is 0 Å². The van der Waals surface area contributed by atoms with Crippen molar-refractivity contribution in [1.82, 2.24) is 0 Å². The Morgan fingerprint density at radius 3 is 2.05 bits per heavy atom. The number of hydrogen-bond donors (Lipinski definition) is 1. The van der Waals surface area contributed by atoms with Gasteiger partial charge in [0.1, 0.15) is 0 Å². The van der Waals surface area contributed by atoms with E-state index in [1.54, 1.807) is 0 Å². The summed E-state index contributed by atoms with van der Waals surface area (Å²) < 4.78 is 0. The zero-order valence-electron chi connectivity index (χ0n) is 12.4. The second-order valence-corrected chi connectivity index (χ2v) is 6.15. The normalized spacial score (nSPS) is 12.0. The van der Waals surface area contributed by atoms with Gasteiger partial charge in [-0.25, -0.2) is 0 Å². The molecule has 1 heteroatoms. The number of nitrogens with two attached hydrogens (primary N) is 1. The fraction of sp³-hybridized carbons (Fsp3) is 0.0476. The third-order valence-corrected chi connectivity index (χ3v) is 4.78. The van der Waals surface area contributed by atoms with Crippen molar-refractivity contribution in [3.05, 3.63) is 66.2 Å². The number of nitrogen functional groups attached to an aromatic ring is 1. The van der Waals surface area contributed by atoms with Crippen LogP contribution in [0.3, 0.4) is 0 Å². The van der Waals surface area contributed by atoms with Gasteiger partial charge in [-0.2, -0.15) is 0 Å². The topological polar surface area (TPSA) is 26.0 Å². The van der Waals surface area contributed by atoms with E-state index in [1.165, 1.54) is 48.7 Å². The molecule has 22 heavy (non-hydrogen) atoms. The van der Waals surface area contributed by atoms with Gasteiger partial charge >= 0.3 is 0 Å². The minimum Gasteiger partial charge on any atom is -0.398 e. The molecule has 0 heterocycles. The second kappa shape index (κ2) is 3.89. The SMILES string of the molecule is Cc1cc2c(N)ccc3c4cccc5cccc(c(c1)c23)c54. The summed E-state index contributed by atoms with van der Waals surface area (Å²) >= 11 is 0. The molecule has 0 radical (unpaired) electrons. The molecule has 5 aromatic carbocycles. The third-order valence-electron chi connectivity index (χ3n) is 4.78. The third kappa shape index (κ3) is 1.33. The minimum atomic E-state index is 0.857. The summed E-state index contributed by atoms with van der Waals surface area (Å²) in [6.45, 7) is 2.14. The first-order valence-electron chi connectivity index (χ1n) is 7.59. The molecule has 5 rings (SSSR count). The Morgan fingerprint density at radius 1 is 0.636 bits per heavy atom. The fourth-order valence-corrected chi connectivity index (χ4v) is 3.88. The average Bonchev–Trinajstić information content (AvgIpc) is 2.54. The Bertz CT molecular complexity index is 1180. The van der Waals surface area contributed by atoms with Gasteiger partial charge in [-0.15, -0.1) is 0 Å². The lowest BCUT2D eigenvalue weighted by molar-refractivity contribution is 1.53. The Balaban J connectivity index is 2.28. The van der Waals surface area contributed by atoms with Gasteiger partial charge in [0.2, 0.25) is 0 Å². The summed E-state index contributed by atoms with van der Waals surface area (Å²) in [7, 11) is 0. The van der Waals surface area contributed by atoms with Crippen LogP contribution in [0.5, 0.6) is 0 Å². The maximum absolute atomic E-state index is 6.26. The fourth-order valence-electron chi connectivity index (χ4n) is 3.88. The molecule has 1 nitrogen and oxygen atoms in total. The van der Waals surface area contributed by atoms with E-state index in [1.807, 2.05) is 6.07 Å². The number of rotatable bonds is 0. The summed E-state index contributed by atoms with van der Waals surface area (Å²) in [5.74, 6) is 0. The summed E-state index contributed by atoms with van der Waals surface area (Å²) in [4.78, 5) is 0. The highest BCUT2D eigenvalue weighted by Gasteiger charge is 2.13. The highest BCUT2D eigenvalue weighted by atomic mass is 14.5. The maximum Gasteiger partial charge on any atom is 0.0394 e. The molecule has 0 aromatic heterocycles. The largest absolute Gasteiger partial charge is 0.398 e. The molecule has 0 saturated carbocycles. The van der Waals surface area contributed by atoms with Crippen LogP contribution in [-0.2, 0) is 0 Å². The van der Waals surface area contributed by atoms with Crippen molar-refractivity contribution in [2.75, 3.05) is 5.73 Å². The van der Waals surface area contributed by atoms with Crippen LogP contribution >= 0.6 is 0 Å². The first-order valence-corrected chi connectivity index (χ1v) is 7.59. The number of hydrogen-bond acceptors (Lipinski definition) is 1. The van der Waals surface area contributed by atoms with Gasteiger partial charge in [-0.1, -0.05) is 48.5 Å². The van der Waals surface area contributed by atoms with Gasteiger partial charge in [0.05, 0.1) is 0 Å². The van der Waals surface area contributed by atoms with E-state index < -0.39 is 0 Å². The van der Waals surface area contributed by atoms with Crippen molar-refractivity contribution in [3.8, 4) is 0 Å². The lowest BCUT2D eigenvalue weighted by Gasteiger charge is -2.16. The van der Waals surface area contributed by atoms with Crippen molar-refractivity contribution in [2.45, 2.75) is 6.92 Å². The maximum atomic E-state index is 6.26. The molecular formula is C21H15N. The van der Waals surface area contributed by atoms with Crippen LogP contribution in [0.1, 0.15) is 5.56 Å². The molecule has 2 N–H and O–H groups in total. The van der Waals surface area contributed by atoms with E-state index in [-0.39, 0.29) is 0 Å². The molecule has 0 aliphatic carbocycles. The van der Waals surface area contributed by atoms with Crippen LogP contribution in [0.25, 0.3) is 43.1 Å². The molecule has 0 saturated heterocycles. The lowest BCUT2D eigenvalue weighted by atomic mass is 9.88. The highest BCUT2D eigenvalue weighted by Crippen LogP contribution is 2.41. The first kappa shape index (κ1) is 11.8. The summed E-state index contributed by atoms with van der Waals surface area (Å²) in [5, 5.41) is 10.3. The van der Waals surface area contributed by atoms with Gasteiger partial charge in [-0.05, 0) is 62.3 Å². The molecule has 0 atom stereocenters. The van der Waals surface area contributed by atoms with Crippen molar-refractivity contribution in [1.29, 1.82) is 0 Å². The van der Waals surface area contributed by atoms with E-state index in [0.29, 0.717) is 0 Å². The van der Waals surface area contributed by atoms with E-state index in [9.17, 15) is 0 Å². The quantitative estimate of drug-likeness (QED) is 0.222. The Labute approximate surface area is 128 Å². The zero-order chi connectivity index (χ0) is 14.8. The standard InChI is InChI=1S/C21H15N/c1-12-10-17-15-7-3-5-13-4-2-6-14(20(13)15)16-8-9-19(22)18(11-12)21(16)17/h2-11H,22H2,1H3. The predicted octanol–water partition coefficient (Wildman–Crippen LogP) is 5.63. The molecule has 5 aromatic rings. The monoisotopic (exact) mass is 281 g/mol. The Hall–Kier alpha value is -2.80. The molecule has 0 aliphatic heterocycles. The smallest absolute Gasteiger partial charge is 0.0394 e. The second-order valence-electron chi connectivity index (χ2n) is 6.15. The average molecular weight is 281 g/mol.